The lowest BCUT2D eigenvalue weighted by Crippen LogP contribution is -2.42. The van der Waals surface area contributed by atoms with Gasteiger partial charge in [0.05, 0.1) is 0 Å². The Morgan fingerprint density at radius 2 is 2.25 bits per heavy atom. The number of ether oxygens (including phenoxy) is 1. The maximum atomic E-state index is 12.2. The number of aliphatic hydroxyl groups is 1. The zero-order valence-electron chi connectivity index (χ0n) is 14.1. The molecule has 2 aliphatic carbocycles. The second-order valence-corrected chi connectivity index (χ2v) is 8.12. The third-order valence-corrected chi connectivity index (χ3v) is 6.08. The van der Waals surface area contributed by atoms with Crippen LogP contribution in [0.4, 0.5) is 0 Å². The van der Waals surface area contributed by atoms with Crippen LogP contribution in [0.5, 0.6) is 5.75 Å². The summed E-state index contributed by atoms with van der Waals surface area (Å²) in [4.78, 5) is 12.2. The van der Waals surface area contributed by atoms with E-state index in [-0.39, 0.29) is 25.2 Å². The average molecular weight is 396 g/mol. The molecule has 132 valence electrons. The van der Waals surface area contributed by atoms with Gasteiger partial charge < -0.3 is 15.2 Å². The van der Waals surface area contributed by atoms with Crippen molar-refractivity contribution in [3.63, 3.8) is 0 Å². The molecular weight excluding hydrogens is 370 g/mol. The smallest absolute Gasteiger partial charge is 0.258 e. The molecule has 1 aromatic carbocycles. The molecule has 2 N–H and O–H groups in total. The van der Waals surface area contributed by atoms with Gasteiger partial charge >= 0.3 is 0 Å². The Morgan fingerprint density at radius 3 is 2.92 bits per heavy atom. The first-order valence-corrected chi connectivity index (χ1v) is 9.67. The van der Waals surface area contributed by atoms with Crippen LogP contribution in [0.15, 0.2) is 22.7 Å². The van der Waals surface area contributed by atoms with E-state index in [1.165, 1.54) is 25.7 Å². The molecule has 4 nitrogen and oxygen atoms in total. The van der Waals surface area contributed by atoms with Crippen molar-refractivity contribution >= 4 is 21.8 Å². The van der Waals surface area contributed by atoms with Gasteiger partial charge in [-0.15, -0.1) is 0 Å². The highest BCUT2D eigenvalue weighted by Gasteiger charge is 2.42. The highest BCUT2D eigenvalue weighted by molar-refractivity contribution is 9.10. The van der Waals surface area contributed by atoms with Crippen LogP contribution in [0.1, 0.15) is 38.2 Å². The molecule has 0 aromatic heterocycles. The highest BCUT2D eigenvalue weighted by Crippen LogP contribution is 2.49. The Bertz CT molecular complexity index is 592. The van der Waals surface area contributed by atoms with Gasteiger partial charge in [-0.25, -0.2) is 0 Å². The third kappa shape index (κ3) is 4.12. The summed E-state index contributed by atoms with van der Waals surface area (Å²) in [5, 5.41) is 12.3. The minimum Gasteiger partial charge on any atom is -0.483 e. The van der Waals surface area contributed by atoms with Crippen LogP contribution in [-0.2, 0) is 11.2 Å². The lowest BCUT2D eigenvalue weighted by molar-refractivity contribution is -0.124. The van der Waals surface area contributed by atoms with Crippen LogP contribution in [-0.4, -0.2) is 30.3 Å². The zero-order valence-corrected chi connectivity index (χ0v) is 15.7. The molecule has 4 atom stereocenters. The van der Waals surface area contributed by atoms with Gasteiger partial charge in [0.2, 0.25) is 0 Å². The molecule has 0 unspecified atom stereocenters. The number of hydrogen-bond acceptors (Lipinski definition) is 3. The largest absolute Gasteiger partial charge is 0.483 e. The van der Waals surface area contributed by atoms with Gasteiger partial charge in [-0.05, 0) is 74.1 Å². The minimum absolute atomic E-state index is 0.0191. The molecule has 2 fully saturated rings. The quantitative estimate of drug-likeness (QED) is 0.744. The van der Waals surface area contributed by atoms with E-state index >= 15 is 0 Å². The summed E-state index contributed by atoms with van der Waals surface area (Å²) in [6, 6.07) is 5.85. The van der Waals surface area contributed by atoms with E-state index in [9.17, 15) is 4.79 Å². The number of fused-ring (bicyclic) bond motifs is 2. The molecule has 3 rings (SSSR count). The first-order valence-electron chi connectivity index (χ1n) is 8.88. The highest BCUT2D eigenvalue weighted by atomic mass is 79.9. The third-order valence-electron chi connectivity index (χ3n) is 5.59. The summed E-state index contributed by atoms with van der Waals surface area (Å²) in [7, 11) is 0. The number of carbonyl (C=O) groups excluding carboxylic acids is 1. The van der Waals surface area contributed by atoms with E-state index in [0.29, 0.717) is 18.1 Å². The van der Waals surface area contributed by atoms with Gasteiger partial charge in [-0.2, -0.15) is 0 Å². The van der Waals surface area contributed by atoms with Crippen LogP contribution in [0, 0.1) is 17.8 Å². The fourth-order valence-corrected chi connectivity index (χ4v) is 4.87. The molecule has 0 heterocycles. The van der Waals surface area contributed by atoms with Crippen molar-refractivity contribution in [3.8, 4) is 5.75 Å². The van der Waals surface area contributed by atoms with Gasteiger partial charge in [-0.1, -0.05) is 22.4 Å². The molecule has 24 heavy (non-hydrogen) atoms. The SMILES string of the molecule is C[C@@H](NC(=O)COc1ccc(Br)cc1CCO)[C@@H]1C[C@H]2CC[C@H]1C2. The summed E-state index contributed by atoms with van der Waals surface area (Å²) in [5.41, 5.74) is 0.904. The van der Waals surface area contributed by atoms with Gasteiger partial charge in [0.15, 0.2) is 6.61 Å². The van der Waals surface area contributed by atoms with Crippen LogP contribution < -0.4 is 10.1 Å². The van der Waals surface area contributed by atoms with Crippen LogP contribution >= 0.6 is 15.9 Å². The number of aliphatic hydroxyl groups excluding tert-OH is 1. The number of halogens is 1. The number of carbonyl (C=O) groups is 1. The first-order chi connectivity index (χ1) is 11.6. The Kier molecular flexibility index (Phi) is 5.82. The Balaban J connectivity index is 1.50. The molecule has 2 aliphatic rings. The van der Waals surface area contributed by atoms with Crippen molar-refractivity contribution in [2.45, 2.75) is 45.1 Å². The van der Waals surface area contributed by atoms with Crippen LogP contribution in [0.3, 0.4) is 0 Å². The summed E-state index contributed by atoms with van der Waals surface area (Å²) in [6.07, 6.45) is 5.83. The Hall–Kier alpha value is -1.07. The predicted molar refractivity (Wildman–Crippen MR) is 97.0 cm³/mol. The molecule has 1 aromatic rings. The standard InChI is InChI=1S/C19H26BrNO3/c1-12(17-9-13-2-3-14(17)8-13)21-19(23)11-24-18-5-4-16(20)10-15(18)6-7-22/h4-5,10,12-14,17,22H,2-3,6-9,11H2,1H3,(H,21,23)/t12-,13+,14+,17+/m1/s1. The van der Waals surface area contributed by atoms with E-state index in [4.69, 9.17) is 9.84 Å². The van der Waals surface area contributed by atoms with Crippen molar-refractivity contribution in [2.24, 2.45) is 17.8 Å². The molecule has 0 aliphatic heterocycles. The number of rotatable bonds is 7. The predicted octanol–water partition coefficient (Wildman–Crippen LogP) is 3.30. The molecule has 5 heteroatoms. The van der Waals surface area contributed by atoms with Crippen molar-refractivity contribution in [2.75, 3.05) is 13.2 Å². The van der Waals surface area contributed by atoms with Crippen molar-refractivity contribution in [3.05, 3.63) is 28.2 Å². The molecule has 0 saturated heterocycles. The monoisotopic (exact) mass is 395 g/mol. The van der Waals surface area contributed by atoms with Crippen LogP contribution in [0.25, 0.3) is 0 Å². The number of hydrogen-bond donors (Lipinski definition) is 2. The molecule has 1 amide bonds. The van der Waals surface area contributed by atoms with Gasteiger partial charge in [-0.3, -0.25) is 4.79 Å². The molecular formula is C19H26BrNO3. The number of benzene rings is 1. The number of amides is 1. The minimum atomic E-state index is -0.0665. The van der Waals surface area contributed by atoms with E-state index in [0.717, 1.165) is 21.9 Å². The zero-order chi connectivity index (χ0) is 17.1. The maximum absolute atomic E-state index is 12.2. The lowest BCUT2D eigenvalue weighted by atomic mass is 9.84. The van der Waals surface area contributed by atoms with Crippen molar-refractivity contribution < 1.29 is 14.6 Å². The summed E-state index contributed by atoms with van der Waals surface area (Å²) in [6.45, 7) is 2.20. The topological polar surface area (TPSA) is 58.6 Å². The number of nitrogens with one attached hydrogen (secondary N) is 1. The van der Waals surface area contributed by atoms with Gasteiger partial charge in [0, 0.05) is 17.1 Å². The summed E-state index contributed by atoms with van der Waals surface area (Å²) >= 11 is 3.42. The Morgan fingerprint density at radius 1 is 1.42 bits per heavy atom. The van der Waals surface area contributed by atoms with Crippen LogP contribution in [0.2, 0.25) is 0 Å². The normalized spacial score (nSPS) is 26.4. The van der Waals surface area contributed by atoms with E-state index in [1.54, 1.807) is 0 Å². The van der Waals surface area contributed by atoms with Gasteiger partial charge in [0.25, 0.3) is 5.91 Å². The van der Waals surface area contributed by atoms with Crippen molar-refractivity contribution in [1.82, 2.24) is 5.32 Å². The molecule has 0 spiro atoms. The first kappa shape index (κ1) is 17.7. The van der Waals surface area contributed by atoms with E-state index < -0.39 is 0 Å². The average Bonchev–Trinajstić information content (AvgIpc) is 3.17. The lowest BCUT2D eigenvalue weighted by Gasteiger charge is -2.28. The summed E-state index contributed by atoms with van der Waals surface area (Å²) < 4.78 is 6.63. The maximum Gasteiger partial charge on any atom is 0.258 e. The molecule has 2 saturated carbocycles. The fraction of sp³-hybridized carbons (Fsp3) is 0.632. The second kappa shape index (κ2) is 7.87. The molecule has 0 radical (unpaired) electrons. The second-order valence-electron chi connectivity index (χ2n) is 7.21. The van der Waals surface area contributed by atoms with Crippen molar-refractivity contribution in [1.29, 1.82) is 0 Å². The van der Waals surface area contributed by atoms with E-state index in [1.807, 2.05) is 18.2 Å². The summed E-state index contributed by atoms with van der Waals surface area (Å²) in [5.74, 6) is 2.91. The molecule has 2 bridgehead atoms. The van der Waals surface area contributed by atoms with Gasteiger partial charge in [0.1, 0.15) is 5.75 Å². The van der Waals surface area contributed by atoms with E-state index in [2.05, 4.69) is 28.2 Å². The Labute approximate surface area is 152 Å². The fourth-order valence-electron chi connectivity index (χ4n) is 4.46.